The molecule has 0 saturated heterocycles. The standard InChI is InChI=1S/C14H8ClNO2/c15-13-6-9-5-8(14(17)18)1-2-10(9)12-7-16-4-3-11(12)13/h1-7H,(H,17,18). The van der Waals surface area contributed by atoms with Gasteiger partial charge in [0.25, 0.3) is 0 Å². The lowest BCUT2D eigenvalue weighted by Crippen LogP contribution is -1.95. The molecule has 0 spiro atoms. The Morgan fingerprint density at radius 1 is 1.11 bits per heavy atom. The molecule has 0 aliphatic heterocycles. The largest absolute Gasteiger partial charge is 0.478 e. The van der Waals surface area contributed by atoms with Crippen LogP contribution in [-0.4, -0.2) is 16.1 Å². The van der Waals surface area contributed by atoms with Gasteiger partial charge >= 0.3 is 5.97 Å². The van der Waals surface area contributed by atoms with Gasteiger partial charge in [-0.3, -0.25) is 4.98 Å². The number of aromatic nitrogens is 1. The SMILES string of the molecule is O=C(O)c1ccc2c(c1)cc(Cl)c1ccncc12. The third kappa shape index (κ3) is 1.60. The fourth-order valence-corrected chi connectivity index (χ4v) is 2.37. The minimum atomic E-state index is -0.945. The van der Waals surface area contributed by atoms with Crippen molar-refractivity contribution >= 4 is 39.1 Å². The number of nitrogens with zero attached hydrogens (tertiary/aromatic N) is 1. The molecule has 0 saturated carbocycles. The zero-order chi connectivity index (χ0) is 12.7. The van der Waals surface area contributed by atoms with Gasteiger partial charge in [-0.05, 0) is 35.0 Å². The maximum Gasteiger partial charge on any atom is 0.335 e. The molecule has 3 rings (SSSR count). The fraction of sp³-hybridized carbons (Fsp3) is 0. The summed E-state index contributed by atoms with van der Waals surface area (Å²) >= 11 is 6.19. The number of hydrogen-bond donors (Lipinski definition) is 1. The number of halogens is 1. The van der Waals surface area contributed by atoms with Crippen molar-refractivity contribution in [3.05, 3.63) is 53.3 Å². The van der Waals surface area contributed by atoms with Crippen molar-refractivity contribution in [2.75, 3.05) is 0 Å². The summed E-state index contributed by atoms with van der Waals surface area (Å²) in [6.07, 6.45) is 3.43. The number of aromatic carboxylic acids is 1. The Kier molecular flexibility index (Phi) is 2.42. The molecular formula is C14H8ClNO2. The first kappa shape index (κ1) is 11.0. The third-order valence-electron chi connectivity index (χ3n) is 2.95. The van der Waals surface area contributed by atoms with E-state index < -0.39 is 5.97 Å². The Hall–Kier alpha value is -2.13. The number of carboxylic acids is 1. The predicted molar refractivity (Wildman–Crippen MR) is 71.2 cm³/mol. The first-order chi connectivity index (χ1) is 8.66. The molecular weight excluding hydrogens is 250 g/mol. The number of rotatable bonds is 1. The summed E-state index contributed by atoms with van der Waals surface area (Å²) in [4.78, 5) is 15.0. The van der Waals surface area contributed by atoms with Crippen LogP contribution in [0.3, 0.4) is 0 Å². The highest BCUT2D eigenvalue weighted by Gasteiger charge is 2.08. The van der Waals surface area contributed by atoms with E-state index in [-0.39, 0.29) is 5.56 Å². The quantitative estimate of drug-likeness (QED) is 0.676. The van der Waals surface area contributed by atoms with Gasteiger partial charge in [0.15, 0.2) is 0 Å². The highest BCUT2D eigenvalue weighted by molar-refractivity contribution is 6.37. The zero-order valence-electron chi connectivity index (χ0n) is 9.22. The van der Waals surface area contributed by atoms with Crippen LogP contribution in [0.2, 0.25) is 5.02 Å². The molecule has 3 aromatic rings. The summed E-state index contributed by atoms with van der Waals surface area (Å²) in [5.41, 5.74) is 0.252. The molecule has 1 heterocycles. The Bertz CT molecular complexity index is 783. The Labute approximate surface area is 108 Å². The minimum absolute atomic E-state index is 0.252. The van der Waals surface area contributed by atoms with Gasteiger partial charge in [-0.1, -0.05) is 17.7 Å². The molecule has 0 unspecified atom stereocenters. The topological polar surface area (TPSA) is 50.2 Å². The number of hydrogen-bond acceptors (Lipinski definition) is 2. The number of pyridine rings is 1. The second-order valence-electron chi connectivity index (χ2n) is 4.02. The lowest BCUT2D eigenvalue weighted by molar-refractivity contribution is 0.0697. The van der Waals surface area contributed by atoms with E-state index in [4.69, 9.17) is 16.7 Å². The normalized spacial score (nSPS) is 10.9. The molecule has 1 N–H and O–H groups in total. The first-order valence-corrected chi connectivity index (χ1v) is 5.74. The number of carbonyl (C=O) groups is 1. The molecule has 4 heteroatoms. The molecule has 0 atom stereocenters. The maximum absolute atomic E-state index is 10.9. The van der Waals surface area contributed by atoms with Crippen LogP contribution < -0.4 is 0 Å². The molecule has 0 radical (unpaired) electrons. The lowest BCUT2D eigenvalue weighted by atomic mass is 10.0. The van der Waals surface area contributed by atoms with Crippen LogP contribution >= 0.6 is 11.6 Å². The average molecular weight is 258 g/mol. The molecule has 0 aliphatic carbocycles. The Morgan fingerprint density at radius 3 is 2.72 bits per heavy atom. The lowest BCUT2D eigenvalue weighted by Gasteiger charge is -2.06. The van der Waals surface area contributed by atoms with Crippen LogP contribution in [-0.2, 0) is 0 Å². The van der Waals surface area contributed by atoms with Crippen LogP contribution in [0, 0.1) is 0 Å². The van der Waals surface area contributed by atoms with Gasteiger partial charge in [-0.2, -0.15) is 0 Å². The molecule has 18 heavy (non-hydrogen) atoms. The number of fused-ring (bicyclic) bond motifs is 3. The molecule has 3 nitrogen and oxygen atoms in total. The molecule has 0 bridgehead atoms. The van der Waals surface area contributed by atoms with Crippen molar-refractivity contribution < 1.29 is 9.90 Å². The average Bonchev–Trinajstić information content (AvgIpc) is 2.38. The van der Waals surface area contributed by atoms with Crippen LogP contribution in [0.4, 0.5) is 0 Å². The van der Waals surface area contributed by atoms with Gasteiger partial charge < -0.3 is 5.11 Å². The van der Waals surface area contributed by atoms with E-state index in [1.54, 1.807) is 36.7 Å². The van der Waals surface area contributed by atoms with Crippen LogP contribution in [0.15, 0.2) is 42.7 Å². The van der Waals surface area contributed by atoms with Crippen molar-refractivity contribution in [2.45, 2.75) is 0 Å². The second-order valence-corrected chi connectivity index (χ2v) is 4.43. The van der Waals surface area contributed by atoms with E-state index in [1.807, 2.05) is 6.07 Å². The summed E-state index contributed by atoms with van der Waals surface area (Å²) in [6.45, 7) is 0. The Balaban J connectivity index is 2.46. The fourth-order valence-electron chi connectivity index (χ4n) is 2.09. The van der Waals surface area contributed by atoms with E-state index in [1.165, 1.54) is 0 Å². The summed E-state index contributed by atoms with van der Waals surface area (Å²) in [5.74, 6) is -0.945. The van der Waals surface area contributed by atoms with Crippen molar-refractivity contribution in [3.8, 4) is 0 Å². The first-order valence-electron chi connectivity index (χ1n) is 5.36. The van der Waals surface area contributed by atoms with Gasteiger partial charge in [0.1, 0.15) is 0 Å². The van der Waals surface area contributed by atoms with Gasteiger partial charge in [0.05, 0.1) is 5.56 Å². The molecule has 2 aromatic carbocycles. The summed E-state index contributed by atoms with van der Waals surface area (Å²) < 4.78 is 0. The number of benzene rings is 2. The van der Waals surface area contributed by atoms with Crippen molar-refractivity contribution in [3.63, 3.8) is 0 Å². The van der Waals surface area contributed by atoms with Crippen molar-refractivity contribution in [1.82, 2.24) is 4.98 Å². The van der Waals surface area contributed by atoms with Gasteiger partial charge in [0, 0.05) is 28.2 Å². The molecule has 0 fully saturated rings. The van der Waals surface area contributed by atoms with Gasteiger partial charge in [-0.25, -0.2) is 4.79 Å². The molecule has 0 amide bonds. The highest BCUT2D eigenvalue weighted by Crippen LogP contribution is 2.31. The predicted octanol–water partition coefficient (Wildman–Crippen LogP) is 3.74. The molecule has 1 aromatic heterocycles. The monoisotopic (exact) mass is 257 g/mol. The van der Waals surface area contributed by atoms with Crippen LogP contribution in [0.5, 0.6) is 0 Å². The zero-order valence-corrected chi connectivity index (χ0v) is 9.98. The highest BCUT2D eigenvalue weighted by atomic mass is 35.5. The molecule has 88 valence electrons. The Morgan fingerprint density at radius 2 is 1.94 bits per heavy atom. The third-order valence-corrected chi connectivity index (χ3v) is 3.26. The van der Waals surface area contributed by atoms with Crippen LogP contribution in [0.25, 0.3) is 21.5 Å². The van der Waals surface area contributed by atoms with E-state index in [0.717, 1.165) is 21.5 Å². The van der Waals surface area contributed by atoms with Crippen LogP contribution in [0.1, 0.15) is 10.4 Å². The second kappa shape index (κ2) is 3.96. The van der Waals surface area contributed by atoms with Crippen molar-refractivity contribution in [1.29, 1.82) is 0 Å². The molecule has 0 aliphatic rings. The van der Waals surface area contributed by atoms with Crippen molar-refractivity contribution in [2.24, 2.45) is 0 Å². The number of carboxylic acid groups (broad SMARTS) is 1. The summed E-state index contributed by atoms with van der Waals surface area (Å²) in [6, 6.07) is 8.63. The summed E-state index contributed by atoms with van der Waals surface area (Å²) in [7, 11) is 0. The summed E-state index contributed by atoms with van der Waals surface area (Å²) in [5, 5.41) is 13.2. The van der Waals surface area contributed by atoms with E-state index >= 15 is 0 Å². The van der Waals surface area contributed by atoms with E-state index in [0.29, 0.717) is 5.02 Å². The van der Waals surface area contributed by atoms with E-state index in [2.05, 4.69) is 4.98 Å². The minimum Gasteiger partial charge on any atom is -0.478 e. The maximum atomic E-state index is 10.9. The smallest absolute Gasteiger partial charge is 0.335 e. The van der Waals surface area contributed by atoms with Gasteiger partial charge in [0.2, 0.25) is 0 Å². The van der Waals surface area contributed by atoms with E-state index in [9.17, 15) is 4.79 Å². The van der Waals surface area contributed by atoms with Gasteiger partial charge in [-0.15, -0.1) is 0 Å².